The van der Waals surface area contributed by atoms with Crippen LogP contribution in [0.2, 0.25) is 0 Å². The van der Waals surface area contributed by atoms with Gasteiger partial charge in [0, 0.05) is 6.07 Å². The van der Waals surface area contributed by atoms with Gasteiger partial charge in [0.2, 0.25) is 0 Å². The Hall–Kier alpha value is -2.82. The number of methoxy groups -OCH3 is 1. The molecule has 2 aromatic carbocycles. The van der Waals surface area contributed by atoms with E-state index >= 15 is 0 Å². The number of carboxylic acids is 1. The Bertz CT molecular complexity index is 663. The number of carboxylic acid groups (broad SMARTS) is 1. The smallest absolute Gasteiger partial charge is 0.335 e. The molecule has 0 spiro atoms. The maximum Gasteiger partial charge on any atom is 0.335 e. The molecule has 0 aliphatic heterocycles. The Kier molecular flexibility index (Phi) is 4.56. The third-order valence-corrected chi connectivity index (χ3v) is 2.91. The van der Waals surface area contributed by atoms with Gasteiger partial charge in [0.25, 0.3) is 0 Å². The molecule has 0 unspecified atom stereocenters. The minimum atomic E-state index is -0.978. The van der Waals surface area contributed by atoms with Crippen LogP contribution in [-0.4, -0.2) is 24.5 Å². The number of benzene rings is 2. The molecule has 108 valence electrons. The fraction of sp³-hybridized carbons (Fsp3) is 0.125. The molecule has 0 amide bonds. The summed E-state index contributed by atoms with van der Waals surface area (Å²) in [7, 11) is 1.47. The lowest BCUT2D eigenvalue weighted by atomic mass is 10.1. The highest BCUT2D eigenvalue weighted by molar-refractivity contribution is 5.87. The number of rotatable bonds is 6. The van der Waals surface area contributed by atoms with Crippen LogP contribution < -0.4 is 9.47 Å². The van der Waals surface area contributed by atoms with E-state index in [0.717, 1.165) is 5.56 Å². The minimum Gasteiger partial charge on any atom is -0.496 e. The van der Waals surface area contributed by atoms with Crippen LogP contribution in [-0.2, 0) is 6.61 Å². The molecular weight excluding hydrogens is 272 g/mol. The van der Waals surface area contributed by atoms with Gasteiger partial charge in [-0.15, -0.1) is 0 Å². The van der Waals surface area contributed by atoms with Crippen LogP contribution in [0, 0.1) is 0 Å². The van der Waals surface area contributed by atoms with Crippen molar-refractivity contribution in [3.8, 4) is 11.5 Å². The summed E-state index contributed by atoms with van der Waals surface area (Å²) in [6.07, 6.45) is 0.707. The van der Waals surface area contributed by atoms with Gasteiger partial charge in [-0.1, -0.05) is 12.1 Å². The lowest BCUT2D eigenvalue weighted by molar-refractivity contribution is 0.0696. The van der Waals surface area contributed by atoms with Crippen molar-refractivity contribution >= 4 is 12.3 Å². The first kappa shape index (κ1) is 14.6. The molecule has 2 rings (SSSR count). The fourth-order valence-electron chi connectivity index (χ4n) is 1.84. The molecule has 0 saturated carbocycles. The molecule has 5 heteroatoms. The van der Waals surface area contributed by atoms with Gasteiger partial charge in [0.15, 0.2) is 6.29 Å². The van der Waals surface area contributed by atoms with Crippen LogP contribution >= 0.6 is 0 Å². The van der Waals surface area contributed by atoms with Crippen molar-refractivity contribution in [2.45, 2.75) is 6.61 Å². The summed E-state index contributed by atoms with van der Waals surface area (Å²) in [5.41, 5.74) is 1.40. The lowest BCUT2D eigenvalue weighted by Gasteiger charge is -2.09. The molecule has 0 heterocycles. The van der Waals surface area contributed by atoms with Crippen molar-refractivity contribution in [3.63, 3.8) is 0 Å². The van der Waals surface area contributed by atoms with Gasteiger partial charge < -0.3 is 14.6 Å². The first-order valence-electron chi connectivity index (χ1n) is 6.22. The van der Waals surface area contributed by atoms with E-state index in [4.69, 9.17) is 14.6 Å². The molecule has 0 aliphatic carbocycles. The summed E-state index contributed by atoms with van der Waals surface area (Å²) >= 11 is 0. The summed E-state index contributed by atoms with van der Waals surface area (Å²) in [5, 5.41) is 8.93. The molecule has 0 fully saturated rings. The van der Waals surface area contributed by atoms with E-state index in [1.165, 1.54) is 13.2 Å². The molecule has 21 heavy (non-hydrogen) atoms. The number of carbonyl (C=O) groups excluding carboxylic acids is 1. The van der Waals surface area contributed by atoms with E-state index < -0.39 is 5.97 Å². The van der Waals surface area contributed by atoms with E-state index in [1.54, 1.807) is 36.4 Å². The van der Waals surface area contributed by atoms with Crippen molar-refractivity contribution in [2.75, 3.05) is 7.11 Å². The standard InChI is InChI=1S/C16H14O5/c1-20-15-8-14(6-5-13(15)9-17)21-10-11-3-2-4-12(7-11)16(18)19/h2-9H,10H2,1H3,(H,18,19). The monoisotopic (exact) mass is 286 g/mol. The highest BCUT2D eigenvalue weighted by atomic mass is 16.5. The summed E-state index contributed by atoms with van der Waals surface area (Å²) in [4.78, 5) is 21.7. The molecule has 0 aromatic heterocycles. The quantitative estimate of drug-likeness (QED) is 0.827. The molecule has 0 aliphatic rings. The fourth-order valence-corrected chi connectivity index (χ4v) is 1.84. The SMILES string of the molecule is COc1cc(OCc2cccc(C(=O)O)c2)ccc1C=O. The minimum absolute atomic E-state index is 0.213. The van der Waals surface area contributed by atoms with Crippen molar-refractivity contribution in [1.82, 2.24) is 0 Å². The highest BCUT2D eigenvalue weighted by Crippen LogP contribution is 2.24. The Labute approximate surface area is 121 Å². The first-order chi connectivity index (χ1) is 10.1. The Morgan fingerprint density at radius 2 is 2.05 bits per heavy atom. The normalized spacial score (nSPS) is 9.95. The molecule has 1 N–H and O–H groups in total. The number of hydrogen-bond donors (Lipinski definition) is 1. The van der Waals surface area contributed by atoms with Crippen LogP contribution in [0.25, 0.3) is 0 Å². The van der Waals surface area contributed by atoms with Crippen LogP contribution in [0.15, 0.2) is 42.5 Å². The van der Waals surface area contributed by atoms with E-state index in [9.17, 15) is 9.59 Å². The van der Waals surface area contributed by atoms with Gasteiger partial charge in [-0.05, 0) is 29.8 Å². The maximum atomic E-state index is 10.9. The predicted octanol–water partition coefficient (Wildman–Crippen LogP) is 2.78. The zero-order chi connectivity index (χ0) is 15.2. The molecule has 0 bridgehead atoms. The Balaban J connectivity index is 2.11. The summed E-state index contributed by atoms with van der Waals surface area (Å²) < 4.78 is 10.7. The number of ether oxygens (including phenoxy) is 2. The predicted molar refractivity (Wildman–Crippen MR) is 76.1 cm³/mol. The van der Waals surface area contributed by atoms with Crippen LogP contribution in [0.4, 0.5) is 0 Å². The van der Waals surface area contributed by atoms with Crippen LogP contribution in [0.3, 0.4) is 0 Å². The summed E-state index contributed by atoms with van der Waals surface area (Å²) in [5.74, 6) is -0.00572. The first-order valence-corrected chi connectivity index (χ1v) is 6.22. The van der Waals surface area contributed by atoms with E-state index in [2.05, 4.69) is 0 Å². The van der Waals surface area contributed by atoms with Crippen molar-refractivity contribution < 1.29 is 24.2 Å². The number of aldehydes is 1. The second-order valence-corrected chi connectivity index (χ2v) is 4.32. The van der Waals surface area contributed by atoms with Gasteiger partial charge in [0.05, 0.1) is 18.2 Å². The van der Waals surface area contributed by atoms with Crippen LogP contribution in [0.5, 0.6) is 11.5 Å². The van der Waals surface area contributed by atoms with Crippen molar-refractivity contribution in [3.05, 3.63) is 59.2 Å². The van der Waals surface area contributed by atoms with Gasteiger partial charge in [-0.2, -0.15) is 0 Å². The molecule has 0 atom stereocenters. The topological polar surface area (TPSA) is 72.8 Å². The molecule has 5 nitrogen and oxygen atoms in total. The number of hydrogen-bond acceptors (Lipinski definition) is 4. The second kappa shape index (κ2) is 6.56. The van der Waals surface area contributed by atoms with Gasteiger partial charge in [-0.25, -0.2) is 4.79 Å². The molecule has 0 radical (unpaired) electrons. The number of aromatic carboxylic acids is 1. The Morgan fingerprint density at radius 3 is 2.71 bits per heavy atom. The molecule has 2 aromatic rings. The van der Waals surface area contributed by atoms with E-state index in [1.807, 2.05) is 0 Å². The zero-order valence-corrected chi connectivity index (χ0v) is 11.4. The average Bonchev–Trinajstić information content (AvgIpc) is 2.52. The van der Waals surface area contributed by atoms with Crippen LogP contribution in [0.1, 0.15) is 26.3 Å². The van der Waals surface area contributed by atoms with Gasteiger partial charge in [0.1, 0.15) is 18.1 Å². The lowest BCUT2D eigenvalue weighted by Crippen LogP contribution is -2.00. The zero-order valence-electron chi connectivity index (χ0n) is 11.4. The van der Waals surface area contributed by atoms with Crippen molar-refractivity contribution in [2.24, 2.45) is 0 Å². The molecular formula is C16H14O5. The maximum absolute atomic E-state index is 10.9. The largest absolute Gasteiger partial charge is 0.496 e. The van der Waals surface area contributed by atoms with E-state index in [0.29, 0.717) is 23.3 Å². The summed E-state index contributed by atoms with van der Waals surface area (Å²) in [6.45, 7) is 0.227. The number of carbonyl (C=O) groups is 2. The third-order valence-electron chi connectivity index (χ3n) is 2.91. The van der Waals surface area contributed by atoms with Crippen molar-refractivity contribution in [1.29, 1.82) is 0 Å². The van der Waals surface area contributed by atoms with Gasteiger partial charge in [-0.3, -0.25) is 4.79 Å². The Morgan fingerprint density at radius 1 is 1.24 bits per heavy atom. The second-order valence-electron chi connectivity index (χ2n) is 4.32. The summed E-state index contributed by atoms with van der Waals surface area (Å²) in [6, 6.07) is 11.4. The van der Waals surface area contributed by atoms with Gasteiger partial charge >= 0.3 is 5.97 Å². The highest BCUT2D eigenvalue weighted by Gasteiger charge is 2.06. The average molecular weight is 286 g/mol. The third kappa shape index (κ3) is 3.60. The van der Waals surface area contributed by atoms with E-state index in [-0.39, 0.29) is 12.2 Å². The molecule has 0 saturated heterocycles.